The first-order chi connectivity index (χ1) is 11.6. The van der Waals surface area contributed by atoms with Crippen LogP contribution < -0.4 is 5.32 Å². The highest BCUT2D eigenvalue weighted by molar-refractivity contribution is 8.00. The zero-order chi connectivity index (χ0) is 17.1. The van der Waals surface area contributed by atoms with E-state index in [9.17, 15) is 10.1 Å². The molecule has 1 aliphatic carbocycles. The topological polar surface area (TPSA) is 52.9 Å². The van der Waals surface area contributed by atoms with Gasteiger partial charge in [-0.25, -0.2) is 0 Å². The van der Waals surface area contributed by atoms with Crippen LogP contribution in [-0.2, 0) is 17.6 Å². The predicted octanol–water partition coefficient (Wildman–Crippen LogP) is 5.13. The molecule has 3 nitrogen and oxygen atoms in total. The number of nitrogens with one attached hydrogen (secondary N) is 1. The maximum Gasteiger partial charge on any atom is 0.235 e. The summed E-state index contributed by atoms with van der Waals surface area (Å²) < 4.78 is 0. The number of thioether (sulfide) groups is 1. The monoisotopic (exact) mass is 376 g/mol. The minimum atomic E-state index is -0.0851. The number of carbonyl (C=O) groups excluding carboxylic acids is 1. The number of amides is 1. The van der Waals surface area contributed by atoms with Crippen LogP contribution in [0.3, 0.4) is 0 Å². The highest BCUT2D eigenvalue weighted by atomic mass is 35.5. The normalized spacial score (nSPS) is 16.3. The van der Waals surface area contributed by atoms with Crippen LogP contribution in [0.1, 0.15) is 29.3 Å². The molecule has 3 rings (SSSR count). The van der Waals surface area contributed by atoms with Crippen molar-refractivity contribution >= 4 is 45.6 Å². The van der Waals surface area contributed by atoms with Crippen molar-refractivity contribution in [2.45, 2.75) is 31.1 Å². The van der Waals surface area contributed by atoms with Crippen LogP contribution in [0.5, 0.6) is 0 Å². The number of nitrogens with zero attached hydrogens (tertiary/aromatic N) is 1. The van der Waals surface area contributed by atoms with Crippen molar-refractivity contribution in [1.82, 2.24) is 0 Å². The van der Waals surface area contributed by atoms with Crippen molar-refractivity contribution < 1.29 is 4.79 Å². The van der Waals surface area contributed by atoms with E-state index in [1.54, 1.807) is 11.3 Å². The Morgan fingerprint density at radius 1 is 1.46 bits per heavy atom. The van der Waals surface area contributed by atoms with Gasteiger partial charge >= 0.3 is 0 Å². The summed E-state index contributed by atoms with van der Waals surface area (Å²) in [5.74, 6) is 0.871. The van der Waals surface area contributed by atoms with Gasteiger partial charge in [-0.15, -0.1) is 23.1 Å². The SMILES string of the molecule is C[C@@H]1CCc2c(sc(NC(=O)CSc3ccc(Cl)cc3)c2C#N)C1. The van der Waals surface area contributed by atoms with Crippen LogP contribution >= 0.6 is 34.7 Å². The van der Waals surface area contributed by atoms with Gasteiger partial charge in [-0.05, 0) is 55.0 Å². The van der Waals surface area contributed by atoms with Gasteiger partial charge in [-0.2, -0.15) is 5.26 Å². The number of hydrogen-bond donors (Lipinski definition) is 1. The van der Waals surface area contributed by atoms with E-state index in [2.05, 4.69) is 18.3 Å². The van der Waals surface area contributed by atoms with Gasteiger partial charge in [0.25, 0.3) is 0 Å². The molecular weight excluding hydrogens is 360 g/mol. The summed E-state index contributed by atoms with van der Waals surface area (Å²) in [7, 11) is 0. The second-order valence-electron chi connectivity index (χ2n) is 5.96. The van der Waals surface area contributed by atoms with Gasteiger partial charge in [0, 0.05) is 14.8 Å². The summed E-state index contributed by atoms with van der Waals surface area (Å²) in [6.45, 7) is 2.23. The molecule has 24 heavy (non-hydrogen) atoms. The molecule has 1 aliphatic rings. The van der Waals surface area contributed by atoms with Crippen molar-refractivity contribution in [3.05, 3.63) is 45.3 Å². The number of thiophene rings is 1. The van der Waals surface area contributed by atoms with E-state index in [1.165, 1.54) is 16.6 Å². The fraction of sp³-hybridized carbons (Fsp3) is 0.333. The molecule has 124 valence electrons. The van der Waals surface area contributed by atoms with Crippen molar-refractivity contribution in [2.24, 2.45) is 5.92 Å². The van der Waals surface area contributed by atoms with Crippen LogP contribution in [0.25, 0.3) is 0 Å². The minimum absolute atomic E-state index is 0.0851. The maximum atomic E-state index is 12.2. The molecule has 0 radical (unpaired) electrons. The molecule has 0 unspecified atom stereocenters. The van der Waals surface area contributed by atoms with Crippen molar-refractivity contribution in [1.29, 1.82) is 5.26 Å². The Morgan fingerprint density at radius 2 is 2.21 bits per heavy atom. The van der Waals surface area contributed by atoms with Gasteiger partial charge < -0.3 is 5.32 Å². The highest BCUT2D eigenvalue weighted by Crippen LogP contribution is 2.39. The van der Waals surface area contributed by atoms with E-state index in [0.717, 1.165) is 29.7 Å². The molecule has 0 aliphatic heterocycles. The van der Waals surface area contributed by atoms with E-state index in [4.69, 9.17) is 11.6 Å². The Kier molecular flexibility index (Phi) is 5.50. The molecular formula is C18H17ClN2OS2. The number of halogens is 1. The summed E-state index contributed by atoms with van der Waals surface area (Å²) in [5.41, 5.74) is 1.80. The maximum absolute atomic E-state index is 12.2. The number of hydrogen-bond acceptors (Lipinski definition) is 4. The first-order valence-electron chi connectivity index (χ1n) is 7.79. The number of nitriles is 1. The number of anilines is 1. The number of rotatable bonds is 4. The Labute approximate surface area is 155 Å². The fourth-order valence-corrected chi connectivity index (χ4v) is 5.00. The lowest BCUT2D eigenvalue weighted by atomic mass is 9.89. The van der Waals surface area contributed by atoms with Gasteiger partial charge in [-0.3, -0.25) is 4.79 Å². The molecule has 1 aromatic carbocycles. The smallest absolute Gasteiger partial charge is 0.235 e. The number of fused-ring (bicyclic) bond motifs is 1. The molecule has 6 heteroatoms. The number of carbonyl (C=O) groups is 1. The molecule has 1 atom stereocenters. The standard InChI is InChI=1S/C18H17ClN2OS2/c1-11-2-7-14-15(9-20)18(24-16(14)8-11)21-17(22)10-23-13-5-3-12(19)4-6-13/h3-6,11H,2,7-8,10H2,1H3,(H,21,22)/t11-/m1/s1. The fourth-order valence-electron chi connectivity index (χ4n) is 2.80. The Balaban J connectivity index is 1.66. The van der Waals surface area contributed by atoms with Gasteiger partial charge in [0.05, 0.1) is 11.3 Å². The average molecular weight is 377 g/mol. The largest absolute Gasteiger partial charge is 0.316 e. The molecule has 1 N–H and O–H groups in total. The van der Waals surface area contributed by atoms with Crippen molar-refractivity contribution in [3.63, 3.8) is 0 Å². The number of benzene rings is 1. The van der Waals surface area contributed by atoms with E-state index < -0.39 is 0 Å². The molecule has 0 bridgehead atoms. The third kappa shape index (κ3) is 3.94. The quantitative estimate of drug-likeness (QED) is 0.752. The Bertz CT molecular complexity index is 793. The zero-order valence-corrected chi connectivity index (χ0v) is 15.7. The summed E-state index contributed by atoms with van der Waals surface area (Å²) in [5, 5.41) is 13.8. The first kappa shape index (κ1) is 17.3. The summed E-state index contributed by atoms with van der Waals surface area (Å²) >= 11 is 8.87. The van der Waals surface area contributed by atoms with Gasteiger partial charge in [-0.1, -0.05) is 18.5 Å². The lowest BCUT2D eigenvalue weighted by molar-refractivity contribution is -0.113. The third-order valence-corrected chi connectivity index (χ3v) is 6.49. The van der Waals surface area contributed by atoms with E-state index in [-0.39, 0.29) is 5.91 Å². The molecule has 1 aromatic heterocycles. The van der Waals surface area contributed by atoms with Crippen LogP contribution in [0.15, 0.2) is 29.2 Å². The molecule has 0 saturated carbocycles. The van der Waals surface area contributed by atoms with Crippen molar-refractivity contribution in [3.8, 4) is 6.07 Å². The minimum Gasteiger partial charge on any atom is -0.316 e. The first-order valence-corrected chi connectivity index (χ1v) is 9.97. The van der Waals surface area contributed by atoms with Gasteiger partial charge in [0.15, 0.2) is 0 Å². The summed E-state index contributed by atoms with van der Waals surface area (Å²) in [6.07, 6.45) is 3.05. The second-order valence-corrected chi connectivity index (χ2v) is 8.55. The second kappa shape index (κ2) is 7.60. The van der Waals surface area contributed by atoms with E-state index in [0.29, 0.717) is 27.3 Å². The molecule has 0 spiro atoms. The molecule has 2 aromatic rings. The lowest BCUT2D eigenvalue weighted by Gasteiger charge is -2.17. The predicted molar refractivity (Wildman–Crippen MR) is 101 cm³/mol. The van der Waals surface area contributed by atoms with E-state index >= 15 is 0 Å². The summed E-state index contributed by atoms with van der Waals surface area (Å²) in [4.78, 5) is 14.5. The van der Waals surface area contributed by atoms with E-state index in [1.807, 2.05) is 24.3 Å². The lowest BCUT2D eigenvalue weighted by Crippen LogP contribution is -2.14. The molecule has 0 fully saturated rings. The Morgan fingerprint density at radius 3 is 2.92 bits per heavy atom. The van der Waals surface area contributed by atoms with Crippen LogP contribution in [0.4, 0.5) is 5.00 Å². The molecule has 1 amide bonds. The van der Waals surface area contributed by atoms with Crippen LogP contribution in [0.2, 0.25) is 5.02 Å². The Hall–Kier alpha value is -1.48. The zero-order valence-electron chi connectivity index (χ0n) is 13.3. The molecule has 0 saturated heterocycles. The van der Waals surface area contributed by atoms with Crippen molar-refractivity contribution in [2.75, 3.05) is 11.1 Å². The summed E-state index contributed by atoms with van der Waals surface area (Å²) in [6, 6.07) is 9.69. The van der Waals surface area contributed by atoms with Gasteiger partial charge in [0.2, 0.25) is 5.91 Å². The highest BCUT2D eigenvalue weighted by Gasteiger charge is 2.24. The molecule has 1 heterocycles. The van der Waals surface area contributed by atoms with Crippen LogP contribution in [0, 0.1) is 17.2 Å². The average Bonchev–Trinajstić information content (AvgIpc) is 2.90. The third-order valence-electron chi connectivity index (χ3n) is 4.06. The van der Waals surface area contributed by atoms with Crippen LogP contribution in [-0.4, -0.2) is 11.7 Å². The van der Waals surface area contributed by atoms with Gasteiger partial charge in [0.1, 0.15) is 11.1 Å².